The van der Waals surface area contributed by atoms with E-state index in [0.717, 1.165) is 13.1 Å². The monoisotopic (exact) mass is 246 g/mol. The number of amides is 1. The van der Waals surface area contributed by atoms with Crippen molar-refractivity contribution in [2.75, 3.05) is 20.1 Å². The SMILES string of the molecule is CNC(=O)C[C@@H](c1ccccc1)[C@@H]1CCCNC1. The lowest BCUT2D eigenvalue weighted by atomic mass is 9.79. The third kappa shape index (κ3) is 3.33. The molecular weight excluding hydrogens is 224 g/mol. The Balaban J connectivity index is 2.14. The first-order chi connectivity index (χ1) is 8.81. The van der Waals surface area contributed by atoms with Crippen LogP contribution in [0.1, 0.15) is 30.7 Å². The van der Waals surface area contributed by atoms with Gasteiger partial charge in [0.2, 0.25) is 5.91 Å². The summed E-state index contributed by atoms with van der Waals surface area (Å²) in [4.78, 5) is 11.7. The normalized spacial score (nSPS) is 21.3. The number of carbonyl (C=O) groups is 1. The van der Waals surface area contributed by atoms with Gasteiger partial charge in [-0.25, -0.2) is 0 Å². The van der Waals surface area contributed by atoms with Gasteiger partial charge in [0.15, 0.2) is 0 Å². The largest absolute Gasteiger partial charge is 0.359 e. The Morgan fingerprint density at radius 3 is 2.83 bits per heavy atom. The van der Waals surface area contributed by atoms with Gasteiger partial charge in [-0.05, 0) is 43.3 Å². The van der Waals surface area contributed by atoms with Gasteiger partial charge in [-0.3, -0.25) is 4.79 Å². The Morgan fingerprint density at radius 1 is 1.44 bits per heavy atom. The zero-order valence-corrected chi connectivity index (χ0v) is 11.0. The highest BCUT2D eigenvalue weighted by Gasteiger charge is 2.26. The molecule has 1 aliphatic rings. The van der Waals surface area contributed by atoms with Gasteiger partial charge in [-0.15, -0.1) is 0 Å². The molecule has 2 N–H and O–H groups in total. The number of hydrogen-bond donors (Lipinski definition) is 2. The number of piperidine rings is 1. The van der Waals surface area contributed by atoms with E-state index in [-0.39, 0.29) is 5.91 Å². The van der Waals surface area contributed by atoms with Crippen LogP contribution in [-0.4, -0.2) is 26.0 Å². The predicted molar refractivity (Wildman–Crippen MR) is 73.5 cm³/mol. The summed E-state index contributed by atoms with van der Waals surface area (Å²) in [5, 5.41) is 6.19. The highest BCUT2D eigenvalue weighted by molar-refractivity contribution is 5.76. The first kappa shape index (κ1) is 13.1. The van der Waals surface area contributed by atoms with Crippen molar-refractivity contribution in [2.45, 2.75) is 25.2 Å². The molecule has 1 aromatic rings. The molecule has 0 aliphatic carbocycles. The van der Waals surface area contributed by atoms with E-state index >= 15 is 0 Å². The summed E-state index contributed by atoms with van der Waals surface area (Å²) in [7, 11) is 1.71. The lowest BCUT2D eigenvalue weighted by Crippen LogP contribution is -2.35. The van der Waals surface area contributed by atoms with Gasteiger partial charge in [0.05, 0.1) is 0 Å². The first-order valence-electron chi connectivity index (χ1n) is 6.77. The smallest absolute Gasteiger partial charge is 0.220 e. The van der Waals surface area contributed by atoms with Crippen molar-refractivity contribution < 1.29 is 4.79 Å². The maximum atomic E-state index is 11.7. The van der Waals surface area contributed by atoms with Gasteiger partial charge in [0.25, 0.3) is 0 Å². The average Bonchev–Trinajstić information content (AvgIpc) is 2.46. The predicted octanol–water partition coefficient (Wildman–Crippen LogP) is 1.91. The molecule has 1 saturated heterocycles. The standard InChI is InChI=1S/C15H22N2O/c1-16-15(18)10-14(12-6-3-2-4-7-12)13-8-5-9-17-11-13/h2-4,6-7,13-14,17H,5,8-11H2,1H3,(H,16,18)/t13-,14+/m1/s1. The van der Waals surface area contributed by atoms with Gasteiger partial charge in [-0.1, -0.05) is 30.3 Å². The number of benzene rings is 1. The van der Waals surface area contributed by atoms with E-state index in [4.69, 9.17) is 0 Å². The van der Waals surface area contributed by atoms with Gasteiger partial charge >= 0.3 is 0 Å². The molecule has 0 aromatic heterocycles. The van der Waals surface area contributed by atoms with E-state index in [1.807, 2.05) is 6.07 Å². The second-order valence-electron chi connectivity index (χ2n) is 5.00. The Labute approximate surface area is 109 Å². The van der Waals surface area contributed by atoms with Crippen molar-refractivity contribution in [3.63, 3.8) is 0 Å². The number of rotatable bonds is 4. The Kier molecular flexibility index (Phi) is 4.76. The van der Waals surface area contributed by atoms with Crippen LogP contribution in [0.15, 0.2) is 30.3 Å². The summed E-state index contributed by atoms with van der Waals surface area (Å²) in [5.41, 5.74) is 1.29. The lowest BCUT2D eigenvalue weighted by molar-refractivity contribution is -0.121. The molecule has 2 atom stereocenters. The van der Waals surface area contributed by atoms with Crippen LogP contribution in [0.5, 0.6) is 0 Å². The molecule has 1 heterocycles. The summed E-state index contributed by atoms with van der Waals surface area (Å²) < 4.78 is 0. The van der Waals surface area contributed by atoms with Crippen LogP contribution in [0.4, 0.5) is 0 Å². The van der Waals surface area contributed by atoms with Crippen molar-refractivity contribution >= 4 is 5.91 Å². The number of carbonyl (C=O) groups excluding carboxylic acids is 1. The molecule has 0 unspecified atom stereocenters. The fourth-order valence-electron chi connectivity index (χ4n) is 2.78. The first-order valence-corrected chi connectivity index (χ1v) is 6.77. The minimum Gasteiger partial charge on any atom is -0.359 e. The quantitative estimate of drug-likeness (QED) is 0.852. The van der Waals surface area contributed by atoms with E-state index in [1.54, 1.807) is 7.05 Å². The molecule has 0 saturated carbocycles. The fourth-order valence-corrected chi connectivity index (χ4v) is 2.78. The zero-order valence-electron chi connectivity index (χ0n) is 11.0. The average molecular weight is 246 g/mol. The molecule has 1 amide bonds. The van der Waals surface area contributed by atoms with Crippen molar-refractivity contribution in [1.29, 1.82) is 0 Å². The molecule has 18 heavy (non-hydrogen) atoms. The topological polar surface area (TPSA) is 41.1 Å². The van der Waals surface area contributed by atoms with E-state index in [9.17, 15) is 4.79 Å². The van der Waals surface area contributed by atoms with Crippen molar-refractivity contribution in [3.05, 3.63) is 35.9 Å². The third-order valence-electron chi connectivity index (χ3n) is 3.82. The Hall–Kier alpha value is -1.35. The van der Waals surface area contributed by atoms with Gasteiger partial charge < -0.3 is 10.6 Å². The van der Waals surface area contributed by atoms with E-state index in [0.29, 0.717) is 18.3 Å². The van der Waals surface area contributed by atoms with Crippen LogP contribution in [0.2, 0.25) is 0 Å². The van der Waals surface area contributed by atoms with Crippen molar-refractivity contribution in [3.8, 4) is 0 Å². The van der Waals surface area contributed by atoms with E-state index in [1.165, 1.54) is 18.4 Å². The molecule has 98 valence electrons. The molecule has 3 heteroatoms. The van der Waals surface area contributed by atoms with Crippen LogP contribution in [0.25, 0.3) is 0 Å². The van der Waals surface area contributed by atoms with Crippen molar-refractivity contribution in [2.24, 2.45) is 5.92 Å². The van der Waals surface area contributed by atoms with Crippen LogP contribution in [0.3, 0.4) is 0 Å². The molecule has 1 aliphatic heterocycles. The highest BCUT2D eigenvalue weighted by atomic mass is 16.1. The summed E-state index contributed by atoms with van der Waals surface area (Å²) in [6.45, 7) is 2.13. The maximum absolute atomic E-state index is 11.7. The molecule has 1 aromatic carbocycles. The third-order valence-corrected chi connectivity index (χ3v) is 3.82. The Morgan fingerprint density at radius 2 is 2.22 bits per heavy atom. The van der Waals surface area contributed by atoms with Gasteiger partial charge in [0.1, 0.15) is 0 Å². The second kappa shape index (κ2) is 6.55. The van der Waals surface area contributed by atoms with Gasteiger partial charge in [0, 0.05) is 13.5 Å². The molecule has 0 radical (unpaired) electrons. The highest BCUT2D eigenvalue weighted by Crippen LogP contribution is 2.32. The minimum atomic E-state index is 0.134. The molecule has 0 spiro atoms. The summed E-state index contributed by atoms with van der Waals surface area (Å²) in [5.74, 6) is 1.03. The van der Waals surface area contributed by atoms with Crippen molar-refractivity contribution in [1.82, 2.24) is 10.6 Å². The van der Waals surface area contributed by atoms with Crippen LogP contribution < -0.4 is 10.6 Å². The maximum Gasteiger partial charge on any atom is 0.220 e. The van der Waals surface area contributed by atoms with Crippen LogP contribution in [0, 0.1) is 5.92 Å². The van der Waals surface area contributed by atoms with Crippen LogP contribution in [-0.2, 0) is 4.79 Å². The summed E-state index contributed by atoms with van der Waals surface area (Å²) in [6, 6.07) is 10.4. The number of hydrogen-bond acceptors (Lipinski definition) is 2. The molecular formula is C15H22N2O. The van der Waals surface area contributed by atoms with E-state index in [2.05, 4.69) is 34.9 Å². The zero-order chi connectivity index (χ0) is 12.8. The minimum absolute atomic E-state index is 0.134. The summed E-state index contributed by atoms with van der Waals surface area (Å²) in [6.07, 6.45) is 3.01. The molecule has 3 nitrogen and oxygen atoms in total. The molecule has 1 fully saturated rings. The number of nitrogens with one attached hydrogen (secondary N) is 2. The lowest BCUT2D eigenvalue weighted by Gasteiger charge is -2.30. The Bertz CT molecular complexity index is 371. The summed E-state index contributed by atoms with van der Waals surface area (Å²) >= 11 is 0. The molecule has 0 bridgehead atoms. The van der Waals surface area contributed by atoms with Gasteiger partial charge in [-0.2, -0.15) is 0 Å². The fraction of sp³-hybridized carbons (Fsp3) is 0.533. The molecule has 2 rings (SSSR count). The van der Waals surface area contributed by atoms with Crippen LogP contribution >= 0.6 is 0 Å². The second-order valence-corrected chi connectivity index (χ2v) is 5.00. The van der Waals surface area contributed by atoms with E-state index < -0.39 is 0 Å².